The average molecular weight is 244 g/mol. The highest BCUT2D eigenvalue weighted by molar-refractivity contribution is 5.35. The Morgan fingerprint density at radius 3 is 2.33 bits per heavy atom. The molecule has 0 aromatic heterocycles. The van der Waals surface area contributed by atoms with E-state index in [1.165, 1.54) is 12.0 Å². The summed E-state index contributed by atoms with van der Waals surface area (Å²) in [5.41, 5.74) is 14.5. The summed E-state index contributed by atoms with van der Waals surface area (Å²) < 4.78 is 0. The van der Waals surface area contributed by atoms with Gasteiger partial charge in [-0.25, -0.2) is 0 Å². The summed E-state index contributed by atoms with van der Waals surface area (Å²) in [5.74, 6) is 0.639. The molecule has 0 spiro atoms. The standard InChI is InChI=1S/C16H24N2/c1-15(12-5-3-2-4-6-12)11-14(15)16(18)9-7-13(17)8-10-16/h2-6,13-14H,7-11,17-18H2,1H3/t13?,14-,15+,16?/m1/s1. The van der Waals surface area contributed by atoms with Crippen molar-refractivity contribution in [3.05, 3.63) is 35.9 Å². The summed E-state index contributed by atoms with van der Waals surface area (Å²) in [5, 5.41) is 0. The molecule has 0 heterocycles. The Bertz CT molecular complexity index is 420. The van der Waals surface area contributed by atoms with E-state index < -0.39 is 0 Å². The monoisotopic (exact) mass is 244 g/mol. The zero-order valence-electron chi connectivity index (χ0n) is 11.2. The molecular formula is C16H24N2. The molecule has 98 valence electrons. The highest BCUT2D eigenvalue weighted by Crippen LogP contribution is 2.60. The SMILES string of the molecule is C[C@@]1(c2ccccc2)C[C@H]1C1(N)CCC(N)CC1. The van der Waals surface area contributed by atoms with Crippen LogP contribution in [-0.2, 0) is 5.41 Å². The van der Waals surface area contributed by atoms with E-state index in [4.69, 9.17) is 11.5 Å². The fraction of sp³-hybridized carbons (Fsp3) is 0.625. The lowest BCUT2D eigenvalue weighted by atomic mass is 9.74. The van der Waals surface area contributed by atoms with E-state index in [1.807, 2.05) is 0 Å². The first kappa shape index (κ1) is 12.2. The van der Waals surface area contributed by atoms with E-state index in [-0.39, 0.29) is 5.54 Å². The van der Waals surface area contributed by atoms with E-state index in [9.17, 15) is 0 Å². The third-order valence-electron chi connectivity index (χ3n) is 5.33. The second-order valence-electron chi connectivity index (χ2n) is 6.61. The third-order valence-corrected chi connectivity index (χ3v) is 5.33. The quantitative estimate of drug-likeness (QED) is 0.840. The van der Waals surface area contributed by atoms with Crippen molar-refractivity contribution in [3.8, 4) is 0 Å². The fourth-order valence-corrected chi connectivity index (χ4v) is 3.87. The zero-order valence-corrected chi connectivity index (χ0v) is 11.2. The lowest BCUT2D eigenvalue weighted by molar-refractivity contribution is 0.229. The van der Waals surface area contributed by atoms with E-state index in [1.54, 1.807) is 0 Å². The summed E-state index contributed by atoms with van der Waals surface area (Å²) in [6, 6.07) is 11.2. The van der Waals surface area contributed by atoms with E-state index >= 15 is 0 Å². The van der Waals surface area contributed by atoms with Crippen LogP contribution in [0.4, 0.5) is 0 Å². The van der Waals surface area contributed by atoms with Crippen LogP contribution in [0, 0.1) is 5.92 Å². The average Bonchev–Trinajstić information content (AvgIpc) is 3.09. The van der Waals surface area contributed by atoms with Crippen molar-refractivity contribution in [2.24, 2.45) is 17.4 Å². The van der Waals surface area contributed by atoms with Gasteiger partial charge in [-0.15, -0.1) is 0 Å². The summed E-state index contributed by atoms with van der Waals surface area (Å²) >= 11 is 0. The lowest BCUT2D eigenvalue weighted by Gasteiger charge is -2.38. The van der Waals surface area contributed by atoms with Crippen molar-refractivity contribution in [1.82, 2.24) is 0 Å². The maximum atomic E-state index is 6.68. The Morgan fingerprint density at radius 2 is 1.72 bits per heavy atom. The smallest absolute Gasteiger partial charge is 0.0192 e. The van der Waals surface area contributed by atoms with Crippen LogP contribution in [0.1, 0.15) is 44.6 Å². The van der Waals surface area contributed by atoms with Crippen LogP contribution in [0.25, 0.3) is 0 Å². The normalized spacial score (nSPS) is 43.7. The van der Waals surface area contributed by atoms with Crippen LogP contribution in [0.2, 0.25) is 0 Å². The molecule has 3 rings (SSSR count). The molecule has 0 aliphatic heterocycles. The maximum absolute atomic E-state index is 6.68. The molecule has 2 nitrogen and oxygen atoms in total. The number of benzene rings is 1. The Kier molecular flexibility index (Phi) is 2.76. The second kappa shape index (κ2) is 4.07. The summed E-state index contributed by atoms with van der Waals surface area (Å²) in [6.07, 6.45) is 5.63. The highest BCUT2D eigenvalue weighted by atomic mass is 14.8. The first-order valence-corrected chi connectivity index (χ1v) is 7.15. The van der Waals surface area contributed by atoms with Gasteiger partial charge >= 0.3 is 0 Å². The molecular weight excluding hydrogens is 220 g/mol. The molecule has 4 N–H and O–H groups in total. The van der Waals surface area contributed by atoms with Gasteiger partial charge in [0.25, 0.3) is 0 Å². The van der Waals surface area contributed by atoms with Crippen molar-refractivity contribution >= 4 is 0 Å². The molecule has 0 unspecified atom stereocenters. The maximum Gasteiger partial charge on any atom is 0.0192 e. The molecule has 2 aliphatic carbocycles. The lowest BCUT2D eigenvalue weighted by Crippen LogP contribution is -2.49. The largest absolute Gasteiger partial charge is 0.328 e. The molecule has 1 aromatic rings. The summed E-state index contributed by atoms with van der Waals surface area (Å²) in [7, 11) is 0. The topological polar surface area (TPSA) is 52.0 Å². The first-order valence-electron chi connectivity index (χ1n) is 7.15. The van der Waals surface area contributed by atoms with Gasteiger partial charge in [0.15, 0.2) is 0 Å². The van der Waals surface area contributed by atoms with Gasteiger partial charge in [-0.2, -0.15) is 0 Å². The molecule has 2 fully saturated rings. The van der Waals surface area contributed by atoms with Crippen molar-refractivity contribution in [3.63, 3.8) is 0 Å². The molecule has 1 aromatic carbocycles. The van der Waals surface area contributed by atoms with Gasteiger partial charge in [-0.05, 0) is 49.0 Å². The van der Waals surface area contributed by atoms with E-state index in [2.05, 4.69) is 37.3 Å². The number of nitrogens with two attached hydrogens (primary N) is 2. The van der Waals surface area contributed by atoms with Crippen LogP contribution in [-0.4, -0.2) is 11.6 Å². The Balaban J connectivity index is 1.77. The Morgan fingerprint density at radius 1 is 1.11 bits per heavy atom. The van der Waals surface area contributed by atoms with Crippen LogP contribution < -0.4 is 11.5 Å². The Labute approximate surface area is 110 Å². The molecule has 0 bridgehead atoms. The third kappa shape index (κ3) is 1.88. The summed E-state index contributed by atoms with van der Waals surface area (Å²) in [4.78, 5) is 0. The van der Waals surface area contributed by atoms with Crippen molar-refractivity contribution in [1.29, 1.82) is 0 Å². The van der Waals surface area contributed by atoms with Gasteiger partial charge in [0.2, 0.25) is 0 Å². The minimum atomic E-state index is 0.0282. The van der Waals surface area contributed by atoms with Crippen molar-refractivity contribution in [2.45, 2.75) is 56.0 Å². The number of rotatable bonds is 2. The molecule has 18 heavy (non-hydrogen) atoms. The van der Waals surface area contributed by atoms with Crippen LogP contribution in [0.15, 0.2) is 30.3 Å². The molecule has 0 radical (unpaired) electrons. The van der Waals surface area contributed by atoms with E-state index in [0.29, 0.717) is 17.4 Å². The number of hydrogen-bond acceptors (Lipinski definition) is 2. The predicted molar refractivity (Wildman–Crippen MR) is 75.3 cm³/mol. The zero-order chi connectivity index (χ0) is 12.8. The molecule has 2 saturated carbocycles. The van der Waals surface area contributed by atoms with Gasteiger partial charge in [-0.3, -0.25) is 0 Å². The van der Waals surface area contributed by atoms with Gasteiger partial charge in [-0.1, -0.05) is 37.3 Å². The van der Waals surface area contributed by atoms with Crippen LogP contribution in [0.3, 0.4) is 0 Å². The molecule has 2 aliphatic rings. The first-order chi connectivity index (χ1) is 8.55. The van der Waals surface area contributed by atoms with Crippen LogP contribution >= 0.6 is 0 Å². The molecule has 2 atom stereocenters. The van der Waals surface area contributed by atoms with Gasteiger partial charge in [0.1, 0.15) is 0 Å². The molecule has 2 heteroatoms. The number of hydrogen-bond donors (Lipinski definition) is 2. The second-order valence-corrected chi connectivity index (χ2v) is 6.61. The van der Waals surface area contributed by atoms with E-state index in [0.717, 1.165) is 25.7 Å². The summed E-state index contributed by atoms with van der Waals surface area (Å²) in [6.45, 7) is 2.37. The van der Waals surface area contributed by atoms with Gasteiger partial charge in [0.05, 0.1) is 0 Å². The van der Waals surface area contributed by atoms with Crippen molar-refractivity contribution < 1.29 is 0 Å². The minimum absolute atomic E-state index is 0.0282. The van der Waals surface area contributed by atoms with Crippen LogP contribution in [0.5, 0.6) is 0 Å². The molecule has 0 amide bonds. The Hall–Kier alpha value is -0.860. The van der Waals surface area contributed by atoms with Gasteiger partial charge < -0.3 is 11.5 Å². The fourth-order valence-electron chi connectivity index (χ4n) is 3.87. The highest BCUT2D eigenvalue weighted by Gasteiger charge is 2.59. The minimum Gasteiger partial charge on any atom is -0.328 e. The van der Waals surface area contributed by atoms with Crippen molar-refractivity contribution in [2.75, 3.05) is 0 Å². The van der Waals surface area contributed by atoms with Gasteiger partial charge in [0, 0.05) is 11.6 Å². The predicted octanol–water partition coefficient (Wildman–Crippen LogP) is 2.56. The molecule has 0 saturated heterocycles.